The van der Waals surface area contributed by atoms with Gasteiger partial charge < -0.3 is 4.74 Å². The minimum absolute atomic E-state index is 0.279. The van der Waals surface area contributed by atoms with E-state index >= 15 is 0 Å². The lowest BCUT2D eigenvalue weighted by molar-refractivity contribution is -0.138. The largest absolute Gasteiger partial charge is 0.463 e. The molecule has 21 heavy (non-hydrogen) atoms. The van der Waals surface area contributed by atoms with Crippen LogP contribution in [0.2, 0.25) is 0 Å². The molecule has 0 bridgehead atoms. The highest BCUT2D eigenvalue weighted by Crippen LogP contribution is 2.31. The molecule has 0 fully saturated rings. The van der Waals surface area contributed by atoms with Gasteiger partial charge in [-0.25, -0.2) is 4.79 Å². The minimum atomic E-state index is -0.364. The molecule has 0 aromatic heterocycles. The Bertz CT molecular complexity index is 627. The molecule has 2 aliphatic rings. The summed E-state index contributed by atoms with van der Waals surface area (Å²) in [5.41, 5.74) is 1.41. The van der Waals surface area contributed by atoms with Gasteiger partial charge in [-0.15, -0.1) is 0 Å². The zero-order chi connectivity index (χ0) is 15.0. The van der Waals surface area contributed by atoms with Crippen LogP contribution in [0.25, 0.3) is 0 Å². The van der Waals surface area contributed by atoms with Crippen molar-refractivity contribution in [1.29, 1.82) is 0 Å². The number of esters is 1. The number of rotatable bonds is 3. The van der Waals surface area contributed by atoms with Crippen LogP contribution in [0.1, 0.15) is 40.5 Å². The average molecular weight is 285 g/mol. The summed E-state index contributed by atoms with van der Waals surface area (Å²) in [6.07, 6.45) is 2.62. The second kappa shape index (κ2) is 5.16. The standard InChI is InChI=1S/C16H15NO4/c1-2-21-16(20)10-7-8-11(9-10)17-14(18)12-5-3-4-6-13(12)15(17)19/h3-7,11H,2,8-9H2,1H3/t11-/m1/s1. The summed E-state index contributed by atoms with van der Waals surface area (Å²) in [6.45, 7) is 2.06. The normalized spacial score (nSPS) is 20.5. The molecular weight excluding hydrogens is 270 g/mol. The molecule has 2 amide bonds. The van der Waals surface area contributed by atoms with E-state index in [1.165, 1.54) is 4.90 Å². The summed E-state index contributed by atoms with van der Waals surface area (Å²) in [4.78, 5) is 37.7. The van der Waals surface area contributed by atoms with Gasteiger partial charge in [0, 0.05) is 18.0 Å². The van der Waals surface area contributed by atoms with Crippen LogP contribution in [-0.4, -0.2) is 35.3 Å². The van der Waals surface area contributed by atoms with Crippen molar-refractivity contribution in [3.05, 3.63) is 47.0 Å². The highest BCUT2D eigenvalue weighted by atomic mass is 16.5. The average Bonchev–Trinajstić information content (AvgIpc) is 3.05. The van der Waals surface area contributed by atoms with Crippen molar-refractivity contribution in [1.82, 2.24) is 4.90 Å². The van der Waals surface area contributed by atoms with Crippen molar-refractivity contribution in [2.45, 2.75) is 25.8 Å². The number of carbonyl (C=O) groups excluding carboxylic acids is 3. The first-order valence-corrected chi connectivity index (χ1v) is 6.96. The van der Waals surface area contributed by atoms with Gasteiger partial charge in [-0.3, -0.25) is 14.5 Å². The molecule has 0 N–H and O–H groups in total. The number of fused-ring (bicyclic) bond motifs is 1. The summed E-state index contributed by atoms with van der Waals surface area (Å²) in [6, 6.07) is 6.50. The van der Waals surface area contributed by atoms with Gasteiger partial charge in [0.15, 0.2) is 0 Å². The SMILES string of the molecule is CCOC(=O)C1=CC[C@@H](N2C(=O)c3ccccc3C2=O)C1. The third-order valence-corrected chi connectivity index (χ3v) is 3.82. The lowest BCUT2D eigenvalue weighted by atomic mass is 10.1. The minimum Gasteiger partial charge on any atom is -0.463 e. The molecule has 0 saturated heterocycles. The summed E-state index contributed by atoms with van der Waals surface area (Å²) in [5.74, 6) is -0.921. The van der Waals surface area contributed by atoms with Crippen molar-refractivity contribution >= 4 is 17.8 Å². The molecule has 1 aliphatic carbocycles. The smallest absolute Gasteiger partial charge is 0.333 e. The fraction of sp³-hybridized carbons (Fsp3) is 0.312. The zero-order valence-corrected chi connectivity index (χ0v) is 11.7. The Morgan fingerprint density at radius 3 is 2.43 bits per heavy atom. The Morgan fingerprint density at radius 1 is 1.24 bits per heavy atom. The number of ether oxygens (including phenoxy) is 1. The molecule has 1 aromatic carbocycles. The van der Waals surface area contributed by atoms with Gasteiger partial charge in [0.05, 0.1) is 17.7 Å². The molecule has 3 rings (SSSR count). The van der Waals surface area contributed by atoms with E-state index in [1.807, 2.05) is 0 Å². The fourth-order valence-corrected chi connectivity index (χ4v) is 2.83. The third-order valence-electron chi connectivity index (χ3n) is 3.82. The highest BCUT2D eigenvalue weighted by molar-refractivity contribution is 6.21. The number of amides is 2. The van der Waals surface area contributed by atoms with Crippen LogP contribution >= 0.6 is 0 Å². The van der Waals surface area contributed by atoms with Gasteiger partial charge >= 0.3 is 5.97 Å². The summed E-state index contributed by atoms with van der Waals surface area (Å²) >= 11 is 0. The summed E-state index contributed by atoms with van der Waals surface area (Å²) in [7, 11) is 0. The molecule has 1 heterocycles. The second-order valence-corrected chi connectivity index (χ2v) is 5.07. The van der Waals surface area contributed by atoms with Gasteiger partial charge in [-0.05, 0) is 25.5 Å². The molecule has 0 saturated carbocycles. The highest BCUT2D eigenvalue weighted by Gasteiger charge is 2.41. The quantitative estimate of drug-likeness (QED) is 0.629. The van der Waals surface area contributed by atoms with Gasteiger partial charge in [0.1, 0.15) is 0 Å². The molecule has 5 heteroatoms. The van der Waals surface area contributed by atoms with Crippen molar-refractivity contribution in [2.24, 2.45) is 0 Å². The molecule has 0 spiro atoms. The lowest BCUT2D eigenvalue weighted by Gasteiger charge is -2.21. The first-order chi connectivity index (χ1) is 10.1. The summed E-state index contributed by atoms with van der Waals surface area (Å²) in [5, 5.41) is 0. The van der Waals surface area contributed by atoms with E-state index in [-0.39, 0.29) is 23.8 Å². The van der Waals surface area contributed by atoms with Gasteiger partial charge in [0.2, 0.25) is 0 Å². The molecule has 108 valence electrons. The number of carbonyl (C=O) groups is 3. The Labute approximate surface area is 122 Å². The molecule has 1 aliphatic heterocycles. The topological polar surface area (TPSA) is 63.7 Å². The van der Waals surface area contributed by atoms with Crippen LogP contribution in [0.3, 0.4) is 0 Å². The van der Waals surface area contributed by atoms with Crippen LogP contribution in [0.5, 0.6) is 0 Å². The van der Waals surface area contributed by atoms with Crippen LogP contribution < -0.4 is 0 Å². The summed E-state index contributed by atoms with van der Waals surface area (Å²) < 4.78 is 4.96. The molecule has 0 unspecified atom stereocenters. The van der Waals surface area contributed by atoms with Crippen LogP contribution in [-0.2, 0) is 9.53 Å². The third kappa shape index (κ3) is 2.14. The van der Waals surface area contributed by atoms with Crippen LogP contribution in [0.4, 0.5) is 0 Å². The van der Waals surface area contributed by atoms with Crippen molar-refractivity contribution in [2.75, 3.05) is 6.61 Å². The van der Waals surface area contributed by atoms with Crippen molar-refractivity contribution in [3.63, 3.8) is 0 Å². The van der Waals surface area contributed by atoms with Crippen molar-refractivity contribution in [3.8, 4) is 0 Å². The molecule has 1 atom stereocenters. The zero-order valence-electron chi connectivity index (χ0n) is 11.7. The number of hydrogen-bond donors (Lipinski definition) is 0. The van der Waals surface area contributed by atoms with Gasteiger partial charge in [-0.2, -0.15) is 0 Å². The maximum atomic E-state index is 12.4. The lowest BCUT2D eigenvalue weighted by Crippen LogP contribution is -2.38. The maximum Gasteiger partial charge on any atom is 0.333 e. The second-order valence-electron chi connectivity index (χ2n) is 5.07. The van der Waals surface area contributed by atoms with Crippen molar-refractivity contribution < 1.29 is 19.1 Å². The first kappa shape index (κ1) is 13.5. The fourth-order valence-electron chi connectivity index (χ4n) is 2.83. The monoisotopic (exact) mass is 285 g/mol. The molecule has 5 nitrogen and oxygen atoms in total. The number of imide groups is 1. The maximum absolute atomic E-state index is 12.4. The number of hydrogen-bond acceptors (Lipinski definition) is 4. The van der Waals surface area contributed by atoms with Gasteiger partial charge in [-0.1, -0.05) is 18.2 Å². The molecule has 1 aromatic rings. The number of nitrogens with zero attached hydrogens (tertiary/aromatic N) is 1. The molecule has 0 radical (unpaired) electrons. The number of benzene rings is 1. The Balaban J connectivity index is 1.78. The van der Waals surface area contributed by atoms with E-state index in [1.54, 1.807) is 37.3 Å². The first-order valence-electron chi connectivity index (χ1n) is 6.96. The van der Waals surface area contributed by atoms with Gasteiger partial charge in [0.25, 0.3) is 11.8 Å². The van der Waals surface area contributed by atoms with E-state index in [9.17, 15) is 14.4 Å². The predicted molar refractivity (Wildman–Crippen MR) is 74.7 cm³/mol. The van der Waals surface area contributed by atoms with E-state index < -0.39 is 0 Å². The Hall–Kier alpha value is -2.43. The van der Waals surface area contributed by atoms with E-state index in [4.69, 9.17) is 4.74 Å². The Morgan fingerprint density at radius 2 is 1.86 bits per heavy atom. The molecular formula is C16H15NO4. The Kier molecular flexibility index (Phi) is 3.33. The van der Waals surface area contributed by atoms with Crippen LogP contribution in [0, 0.1) is 0 Å². The predicted octanol–water partition coefficient (Wildman–Crippen LogP) is 1.93. The van der Waals surface area contributed by atoms with Crippen LogP contribution in [0.15, 0.2) is 35.9 Å². The van der Waals surface area contributed by atoms with E-state index in [2.05, 4.69) is 0 Å². The van der Waals surface area contributed by atoms with E-state index in [0.717, 1.165) is 0 Å². The van der Waals surface area contributed by atoms with E-state index in [0.29, 0.717) is 36.1 Å².